The predicted molar refractivity (Wildman–Crippen MR) is 99.4 cm³/mol. The molecule has 1 aromatic rings. The molecule has 7 nitrogen and oxygen atoms in total. The van der Waals surface area contributed by atoms with Gasteiger partial charge in [-0.3, -0.25) is 0 Å². The van der Waals surface area contributed by atoms with Crippen LogP contribution in [0.5, 0.6) is 5.88 Å². The molecule has 1 amide bonds. The molecular weight excluding hydrogens is 340 g/mol. The summed E-state index contributed by atoms with van der Waals surface area (Å²) in [6.45, 7) is 7.01. The fraction of sp³-hybridized carbons (Fsp3) is 0.706. The first-order valence-corrected chi connectivity index (χ1v) is 9.75. The Kier molecular flexibility index (Phi) is 6.75. The van der Waals surface area contributed by atoms with Crippen LogP contribution >= 0.6 is 11.8 Å². The van der Waals surface area contributed by atoms with Gasteiger partial charge in [0.15, 0.2) is 5.16 Å². The molecule has 0 aromatic carbocycles. The Morgan fingerprint density at radius 1 is 1.40 bits per heavy atom. The van der Waals surface area contributed by atoms with Crippen LogP contribution in [-0.2, 0) is 4.74 Å². The standard InChI is InChI=1S/C17H28N4O3S/c1-17(2,3)24-16(22)21-9-7-6-8-12(21)11-18-13-10-14(23-4)20-15(19-13)25-5/h10,12H,6-9,11H2,1-5H3,(H,18,19,20)/t12-/m0/s1. The number of ether oxygens (including phenoxy) is 2. The summed E-state index contributed by atoms with van der Waals surface area (Å²) in [5.74, 6) is 1.22. The Morgan fingerprint density at radius 3 is 2.80 bits per heavy atom. The average Bonchev–Trinajstić information content (AvgIpc) is 2.58. The van der Waals surface area contributed by atoms with E-state index in [-0.39, 0.29) is 12.1 Å². The van der Waals surface area contributed by atoms with Crippen LogP contribution in [0.3, 0.4) is 0 Å². The van der Waals surface area contributed by atoms with Gasteiger partial charge in [-0.25, -0.2) is 9.78 Å². The molecule has 0 aliphatic carbocycles. The number of methoxy groups -OCH3 is 1. The van der Waals surface area contributed by atoms with Gasteiger partial charge in [-0.2, -0.15) is 4.98 Å². The number of carbonyl (C=O) groups is 1. The van der Waals surface area contributed by atoms with E-state index in [4.69, 9.17) is 9.47 Å². The monoisotopic (exact) mass is 368 g/mol. The Balaban J connectivity index is 2.03. The van der Waals surface area contributed by atoms with E-state index in [1.165, 1.54) is 11.8 Å². The van der Waals surface area contributed by atoms with Crippen molar-refractivity contribution in [1.82, 2.24) is 14.9 Å². The lowest BCUT2D eigenvalue weighted by molar-refractivity contribution is 0.0114. The summed E-state index contributed by atoms with van der Waals surface area (Å²) in [6, 6.07) is 1.85. The Hall–Kier alpha value is -1.70. The first-order chi connectivity index (χ1) is 11.8. The molecule has 1 saturated heterocycles. The summed E-state index contributed by atoms with van der Waals surface area (Å²) < 4.78 is 10.8. The van der Waals surface area contributed by atoms with Crippen LogP contribution in [-0.4, -0.2) is 59.1 Å². The molecule has 2 rings (SSSR count). The fourth-order valence-corrected chi connectivity index (χ4v) is 3.06. The average molecular weight is 369 g/mol. The molecule has 2 heterocycles. The van der Waals surface area contributed by atoms with Gasteiger partial charge < -0.3 is 19.7 Å². The number of rotatable bonds is 5. The number of thioether (sulfide) groups is 1. The van der Waals surface area contributed by atoms with Crippen LogP contribution in [0.15, 0.2) is 11.2 Å². The first kappa shape index (κ1) is 19.6. The second-order valence-electron chi connectivity index (χ2n) is 6.99. The lowest BCUT2D eigenvalue weighted by Gasteiger charge is -2.36. The highest BCUT2D eigenvalue weighted by Crippen LogP contribution is 2.22. The van der Waals surface area contributed by atoms with Crippen LogP contribution < -0.4 is 10.1 Å². The molecule has 1 atom stereocenters. The largest absolute Gasteiger partial charge is 0.481 e. The van der Waals surface area contributed by atoms with Crippen molar-refractivity contribution >= 4 is 23.7 Å². The molecule has 0 saturated carbocycles. The number of piperidine rings is 1. The molecule has 140 valence electrons. The van der Waals surface area contributed by atoms with Crippen LogP contribution in [0.2, 0.25) is 0 Å². The lowest BCUT2D eigenvalue weighted by Crippen LogP contribution is -2.48. The van der Waals surface area contributed by atoms with E-state index < -0.39 is 5.60 Å². The summed E-state index contributed by atoms with van der Waals surface area (Å²) in [6.07, 6.45) is 4.74. The first-order valence-electron chi connectivity index (χ1n) is 8.53. The third kappa shape index (κ3) is 5.95. The van der Waals surface area contributed by atoms with E-state index in [1.54, 1.807) is 13.2 Å². The molecule has 1 aromatic heterocycles. The minimum absolute atomic E-state index is 0.0855. The summed E-state index contributed by atoms with van der Waals surface area (Å²) >= 11 is 1.46. The summed E-state index contributed by atoms with van der Waals surface area (Å²) in [4.78, 5) is 23.0. The van der Waals surface area contributed by atoms with Crippen molar-refractivity contribution in [3.05, 3.63) is 6.07 Å². The van der Waals surface area contributed by atoms with Gasteiger partial charge in [0, 0.05) is 19.2 Å². The van der Waals surface area contributed by atoms with Crippen molar-refractivity contribution < 1.29 is 14.3 Å². The maximum atomic E-state index is 12.5. The number of nitrogens with one attached hydrogen (secondary N) is 1. The van der Waals surface area contributed by atoms with Gasteiger partial charge in [-0.05, 0) is 46.3 Å². The second kappa shape index (κ2) is 8.60. The van der Waals surface area contributed by atoms with E-state index in [0.29, 0.717) is 23.4 Å². The Morgan fingerprint density at radius 2 is 2.16 bits per heavy atom. The fourth-order valence-electron chi connectivity index (χ4n) is 2.69. The van der Waals surface area contributed by atoms with E-state index in [1.807, 2.05) is 31.9 Å². The van der Waals surface area contributed by atoms with Crippen LogP contribution in [0.25, 0.3) is 0 Å². The Bertz CT molecular complexity index is 569. The number of likely N-dealkylation sites (tertiary alicyclic amines) is 1. The number of anilines is 1. The molecule has 1 fully saturated rings. The van der Waals surface area contributed by atoms with Crippen molar-refractivity contribution in [2.45, 2.75) is 56.8 Å². The highest BCUT2D eigenvalue weighted by atomic mass is 32.2. The molecule has 0 bridgehead atoms. The van der Waals surface area contributed by atoms with Gasteiger partial charge in [-0.1, -0.05) is 11.8 Å². The number of hydrogen-bond acceptors (Lipinski definition) is 7. The zero-order valence-corrected chi connectivity index (χ0v) is 16.5. The third-order valence-corrected chi connectivity index (χ3v) is 4.40. The smallest absolute Gasteiger partial charge is 0.410 e. The SMILES string of the molecule is COc1cc(NC[C@@H]2CCCCN2C(=O)OC(C)(C)C)nc(SC)n1. The molecule has 0 unspecified atom stereocenters. The molecule has 1 aliphatic heterocycles. The maximum Gasteiger partial charge on any atom is 0.410 e. The maximum absolute atomic E-state index is 12.5. The topological polar surface area (TPSA) is 76.6 Å². The minimum Gasteiger partial charge on any atom is -0.481 e. The summed E-state index contributed by atoms with van der Waals surface area (Å²) in [5.41, 5.74) is -0.486. The predicted octanol–water partition coefficient (Wildman–Crippen LogP) is 3.41. The molecule has 1 aliphatic rings. The second-order valence-corrected chi connectivity index (χ2v) is 7.76. The summed E-state index contributed by atoms with van der Waals surface area (Å²) in [7, 11) is 1.58. The van der Waals surface area contributed by atoms with Crippen LogP contribution in [0.1, 0.15) is 40.0 Å². The van der Waals surface area contributed by atoms with Gasteiger partial charge in [0.25, 0.3) is 0 Å². The van der Waals surface area contributed by atoms with Gasteiger partial charge in [0.2, 0.25) is 5.88 Å². The lowest BCUT2D eigenvalue weighted by atomic mass is 10.0. The van der Waals surface area contributed by atoms with Gasteiger partial charge in [0.1, 0.15) is 11.4 Å². The van der Waals surface area contributed by atoms with Crippen molar-refractivity contribution in [1.29, 1.82) is 0 Å². The van der Waals surface area contributed by atoms with Gasteiger partial charge >= 0.3 is 6.09 Å². The van der Waals surface area contributed by atoms with Crippen molar-refractivity contribution in [2.75, 3.05) is 31.8 Å². The van der Waals surface area contributed by atoms with Crippen LogP contribution in [0, 0.1) is 0 Å². The number of nitrogens with zero attached hydrogens (tertiary/aromatic N) is 3. The van der Waals surface area contributed by atoms with Crippen molar-refractivity contribution in [3.8, 4) is 5.88 Å². The minimum atomic E-state index is -0.486. The summed E-state index contributed by atoms with van der Waals surface area (Å²) in [5, 5.41) is 3.97. The highest BCUT2D eigenvalue weighted by molar-refractivity contribution is 7.98. The van der Waals surface area contributed by atoms with E-state index in [9.17, 15) is 4.79 Å². The quantitative estimate of drug-likeness (QED) is 0.630. The zero-order valence-electron chi connectivity index (χ0n) is 15.7. The number of aromatic nitrogens is 2. The number of hydrogen-bond donors (Lipinski definition) is 1. The van der Waals surface area contributed by atoms with Crippen molar-refractivity contribution in [3.63, 3.8) is 0 Å². The molecular formula is C17H28N4O3S. The van der Waals surface area contributed by atoms with Crippen LogP contribution in [0.4, 0.5) is 10.6 Å². The highest BCUT2D eigenvalue weighted by Gasteiger charge is 2.30. The van der Waals surface area contributed by atoms with E-state index in [2.05, 4.69) is 15.3 Å². The van der Waals surface area contributed by atoms with E-state index in [0.717, 1.165) is 25.8 Å². The molecule has 25 heavy (non-hydrogen) atoms. The Labute approximate surface area is 153 Å². The van der Waals surface area contributed by atoms with E-state index >= 15 is 0 Å². The molecule has 8 heteroatoms. The molecule has 0 spiro atoms. The normalized spacial score (nSPS) is 18.0. The molecule has 1 N–H and O–H groups in total. The van der Waals surface area contributed by atoms with Crippen molar-refractivity contribution in [2.24, 2.45) is 0 Å². The van der Waals surface area contributed by atoms with Gasteiger partial charge in [0.05, 0.1) is 13.2 Å². The number of carbonyl (C=O) groups excluding carboxylic acids is 1. The number of amides is 1. The van der Waals surface area contributed by atoms with Gasteiger partial charge in [-0.15, -0.1) is 0 Å². The third-order valence-electron chi connectivity index (χ3n) is 3.85. The molecule has 0 radical (unpaired) electrons. The zero-order chi connectivity index (χ0) is 18.4.